The van der Waals surface area contributed by atoms with Crippen LogP contribution in [0.1, 0.15) is 63.6 Å². The van der Waals surface area contributed by atoms with E-state index in [0.29, 0.717) is 24.0 Å². The Kier molecular flexibility index (Phi) is 23.7. The number of aromatic amines is 1. The molecule has 402 valence electrons. The van der Waals surface area contributed by atoms with Crippen LogP contribution < -0.4 is 48.3 Å². The molecule has 22 heteroatoms. The first-order valence-corrected chi connectivity index (χ1v) is 27.4. The van der Waals surface area contributed by atoms with Crippen molar-refractivity contribution in [2.75, 3.05) is 24.7 Å². The maximum Gasteiger partial charge on any atom is 0.245 e. The number of para-hydroxylation sites is 1. The number of unbranched alkanes of at least 4 members (excludes halogenated alkanes) is 1. The summed E-state index contributed by atoms with van der Waals surface area (Å²) in [5.41, 5.74) is 8.77. The third kappa shape index (κ3) is 18.1. The number of carbonyl (C=O) groups excluding carboxylic acids is 7. The number of nitrogens with one attached hydrogen (secondary N) is 9. The molecule has 0 spiro atoms. The van der Waals surface area contributed by atoms with E-state index in [4.69, 9.17) is 5.73 Å². The van der Waals surface area contributed by atoms with Gasteiger partial charge in [-0.05, 0) is 68.8 Å². The minimum Gasteiger partial charge on any atom is -0.394 e. The number of amides is 7. The Balaban J connectivity index is 1.59. The van der Waals surface area contributed by atoms with Crippen molar-refractivity contribution in [1.29, 1.82) is 0 Å². The number of rotatable bonds is 19. The van der Waals surface area contributed by atoms with Crippen LogP contribution in [0.2, 0.25) is 0 Å². The molecule has 2 heterocycles. The van der Waals surface area contributed by atoms with Crippen LogP contribution in [0.3, 0.4) is 0 Å². The van der Waals surface area contributed by atoms with Gasteiger partial charge in [0.25, 0.3) is 0 Å². The molecule has 14 N–H and O–H groups in total. The molecule has 74 heavy (non-hydrogen) atoms. The van der Waals surface area contributed by atoms with E-state index in [1.807, 2.05) is 68.4 Å². The zero-order valence-corrected chi connectivity index (χ0v) is 43.8. The Morgan fingerprint density at radius 2 is 1.30 bits per heavy atom. The number of aliphatic hydroxyl groups excluding tert-OH is 3. The normalized spacial score (nSPS) is 22.5. The summed E-state index contributed by atoms with van der Waals surface area (Å²) >= 11 is 0. The molecule has 5 rings (SSSR count). The predicted octanol–water partition coefficient (Wildman–Crippen LogP) is 0.234. The number of aliphatic hydroxyl groups is 3. The fourth-order valence-corrected chi connectivity index (χ4v) is 10.6. The van der Waals surface area contributed by atoms with Crippen molar-refractivity contribution in [2.24, 2.45) is 5.73 Å². The van der Waals surface area contributed by atoms with Crippen molar-refractivity contribution < 1.29 is 48.9 Å². The number of hydrogen-bond acceptors (Lipinski definition) is 14. The first-order chi connectivity index (χ1) is 35.5. The van der Waals surface area contributed by atoms with Gasteiger partial charge in [-0.25, -0.2) is 0 Å². The van der Waals surface area contributed by atoms with Crippen LogP contribution in [0.15, 0.2) is 91.1 Å². The lowest BCUT2D eigenvalue weighted by Gasteiger charge is -2.29. The van der Waals surface area contributed by atoms with Crippen molar-refractivity contribution in [3.05, 3.63) is 108 Å². The van der Waals surface area contributed by atoms with E-state index in [0.717, 1.165) is 38.1 Å². The molecule has 0 saturated carbocycles. The predicted molar refractivity (Wildman–Crippen MR) is 286 cm³/mol. The molecular weight excluding hydrogens is 989 g/mol. The van der Waals surface area contributed by atoms with E-state index in [-0.39, 0.29) is 49.8 Å². The molecule has 1 fully saturated rings. The van der Waals surface area contributed by atoms with Crippen molar-refractivity contribution >= 4 is 73.8 Å². The Hall–Kier alpha value is -6.01. The number of nitrogens with two attached hydrogens (primary N) is 1. The van der Waals surface area contributed by atoms with Crippen LogP contribution in [0.5, 0.6) is 0 Å². The summed E-state index contributed by atoms with van der Waals surface area (Å²) in [4.78, 5) is 104. The van der Waals surface area contributed by atoms with Crippen LogP contribution in [-0.4, -0.2) is 153 Å². The topological polar surface area (TPSA) is 318 Å². The molecule has 0 bridgehead atoms. The zero-order chi connectivity index (χ0) is 53.7. The van der Waals surface area contributed by atoms with Crippen molar-refractivity contribution in [1.82, 2.24) is 47.5 Å². The van der Waals surface area contributed by atoms with Gasteiger partial charge in [0.05, 0.1) is 30.9 Å². The maximum atomic E-state index is 14.8. The first-order valence-electron chi connectivity index (χ1n) is 24.9. The third-order valence-corrected chi connectivity index (χ3v) is 14.8. The monoisotopic (exact) mass is 1060 g/mol. The molecule has 20 nitrogen and oxygen atoms in total. The molecule has 7 amide bonds. The van der Waals surface area contributed by atoms with Crippen molar-refractivity contribution in [2.45, 2.75) is 133 Å². The van der Waals surface area contributed by atoms with Crippen LogP contribution in [0.4, 0.5) is 0 Å². The van der Waals surface area contributed by atoms with Gasteiger partial charge in [0, 0.05) is 47.5 Å². The summed E-state index contributed by atoms with van der Waals surface area (Å²) < 4.78 is 0. The van der Waals surface area contributed by atoms with Gasteiger partial charge in [0.1, 0.15) is 36.3 Å². The van der Waals surface area contributed by atoms with E-state index in [1.54, 1.807) is 36.5 Å². The second-order valence-electron chi connectivity index (χ2n) is 18.7. The fraction of sp³-hybridized carbons (Fsp3) is 0.481. The smallest absolute Gasteiger partial charge is 0.245 e. The average Bonchev–Trinajstić information content (AvgIpc) is 3.78. The fourth-order valence-electron chi connectivity index (χ4n) is 8.24. The van der Waals surface area contributed by atoms with E-state index in [1.165, 1.54) is 13.8 Å². The Bertz CT molecular complexity index is 2470. The highest BCUT2D eigenvalue weighted by Crippen LogP contribution is 2.24. The molecule has 0 radical (unpaired) electrons. The highest BCUT2D eigenvalue weighted by Gasteiger charge is 2.37. The molecule has 0 aliphatic carbocycles. The number of H-pyrrole nitrogens is 1. The quantitative estimate of drug-likeness (QED) is 0.0442. The number of hydrogen-bond donors (Lipinski definition) is 13. The summed E-state index contributed by atoms with van der Waals surface area (Å²) in [6, 6.07) is 15.2. The van der Waals surface area contributed by atoms with Gasteiger partial charge < -0.3 is 68.6 Å². The van der Waals surface area contributed by atoms with Gasteiger partial charge in [-0.2, -0.15) is 0 Å². The van der Waals surface area contributed by atoms with Gasteiger partial charge in [0.15, 0.2) is 0 Å². The lowest BCUT2D eigenvalue weighted by Crippen LogP contribution is -2.62. The largest absolute Gasteiger partial charge is 0.394 e. The van der Waals surface area contributed by atoms with Crippen molar-refractivity contribution in [3.63, 3.8) is 0 Å². The van der Waals surface area contributed by atoms with E-state index >= 15 is 0 Å². The molecule has 4 aromatic rings. The van der Waals surface area contributed by atoms with Crippen molar-refractivity contribution in [3.8, 4) is 0 Å². The average molecular weight is 1060 g/mol. The van der Waals surface area contributed by atoms with Gasteiger partial charge in [-0.3, -0.25) is 33.6 Å². The summed E-state index contributed by atoms with van der Waals surface area (Å²) in [5.74, 6) is -5.72. The maximum absolute atomic E-state index is 14.8. The van der Waals surface area contributed by atoms with E-state index < -0.39 is 108 Å². The van der Waals surface area contributed by atoms with Crippen LogP contribution in [0.25, 0.3) is 10.9 Å². The molecule has 10 atom stereocenters. The van der Waals surface area contributed by atoms with Crippen LogP contribution in [0, 0.1) is 0 Å². The molecule has 2 unspecified atom stereocenters. The first kappa shape index (κ1) is 58.9. The standard InChI is InChI=1S/C52H72N10O10S2/c1-30(2)55-39(23-33-15-7-5-8-16-33)47(67)60-43-28-73-74-29-44(51(71)59-42(27-63)31(3)64)61-52(72)45(32(4)65)62-46(66)38(21-13-14-22-53)56-49(69)41(25-35-26-54-37-20-12-11-19-36(35)37)58-48(68)40(57-50(43)70)24-34-17-9-6-10-18-34/h5-12,15-20,26,30-32,38-45,54-55,63-65H,13-14,21-25,27-29,53H2,1-4H3,(H,56,69)(H,57,70)(H,58,68)(H,59,71)(H,60,67)(H,61,72)(H,62,66)/t31?,32?,38-,39+,40-,41+,42+,43-,44-,45-/m0/s1. The number of aromatic nitrogens is 1. The van der Waals surface area contributed by atoms with Gasteiger partial charge in [-0.15, -0.1) is 0 Å². The summed E-state index contributed by atoms with van der Waals surface area (Å²) in [6.07, 6.45) is 0.0248. The Morgan fingerprint density at radius 3 is 1.93 bits per heavy atom. The second-order valence-corrected chi connectivity index (χ2v) is 21.3. The highest BCUT2D eigenvalue weighted by molar-refractivity contribution is 8.76. The van der Waals surface area contributed by atoms with E-state index in [9.17, 15) is 48.9 Å². The zero-order valence-electron chi connectivity index (χ0n) is 42.2. The highest BCUT2D eigenvalue weighted by atomic mass is 33.1. The molecule has 1 aliphatic heterocycles. The number of fused-ring (bicyclic) bond motifs is 1. The summed E-state index contributed by atoms with van der Waals surface area (Å²) in [5, 5.41) is 54.3. The molecular formula is C52H72N10O10S2. The molecule has 1 saturated heterocycles. The van der Waals surface area contributed by atoms with Crippen LogP contribution in [-0.2, 0) is 52.8 Å². The molecule has 3 aromatic carbocycles. The SMILES string of the molecule is CC(C)N[C@H](Cc1ccccc1)C(=O)N[C@H]1CSSC[C@@H](C(=O)N[C@H](CO)C(C)O)NC(=O)[C@H](C(C)O)NC(=O)[C@H](CCCCN)NC(=O)[C@@H](Cc2c[nH]c3ccccc23)NC(=O)[C@H](Cc2ccccc2)NC1=O. The van der Waals surface area contributed by atoms with Gasteiger partial charge in [0.2, 0.25) is 41.4 Å². The minimum atomic E-state index is -1.66. The van der Waals surface area contributed by atoms with E-state index in [2.05, 4.69) is 47.5 Å². The third-order valence-electron chi connectivity index (χ3n) is 12.3. The minimum absolute atomic E-state index is 0.0312. The molecule has 1 aromatic heterocycles. The van der Waals surface area contributed by atoms with Gasteiger partial charge >= 0.3 is 0 Å². The van der Waals surface area contributed by atoms with Gasteiger partial charge in [-0.1, -0.05) is 114 Å². The summed E-state index contributed by atoms with van der Waals surface area (Å²) in [7, 11) is 2.12. The lowest BCUT2D eigenvalue weighted by molar-refractivity contribution is -0.136. The lowest BCUT2D eigenvalue weighted by atomic mass is 10.0. The Labute approximate surface area is 439 Å². The second kappa shape index (κ2) is 29.8. The molecule has 1 aliphatic rings. The Morgan fingerprint density at radius 1 is 0.703 bits per heavy atom. The van der Waals surface area contributed by atoms with Crippen LogP contribution >= 0.6 is 21.6 Å². The number of carbonyl (C=O) groups is 7. The number of benzene rings is 3. The summed E-state index contributed by atoms with van der Waals surface area (Å²) in [6.45, 7) is 6.03.